The third kappa shape index (κ3) is 2.29. The van der Waals surface area contributed by atoms with Crippen LogP contribution in [0.25, 0.3) is 0 Å². The number of hydrogen-bond acceptors (Lipinski definition) is 3. The van der Waals surface area contributed by atoms with Crippen LogP contribution in [-0.4, -0.2) is 13.1 Å². The SMILES string of the molecule is C=C[C@H](c1cccs1)C(C)(C)C(=O)OC. The summed E-state index contributed by atoms with van der Waals surface area (Å²) in [4.78, 5) is 12.8. The third-order valence-electron chi connectivity index (χ3n) is 2.57. The molecule has 0 saturated carbocycles. The average Bonchev–Trinajstić information content (AvgIpc) is 2.70. The van der Waals surface area contributed by atoms with Gasteiger partial charge in [0.15, 0.2) is 0 Å². The van der Waals surface area contributed by atoms with Crippen molar-refractivity contribution in [1.29, 1.82) is 0 Å². The van der Waals surface area contributed by atoms with Gasteiger partial charge in [0.25, 0.3) is 0 Å². The van der Waals surface area contributed by atoms with Crippen LogP contribution in [0.5, 0.6) is 0 Å². The minimum atomic E-state index is -0.568. The monoisotopic (exact) mass is 224 g/mol. The summed E-state index contributed by atoms with van der Waals surface area (Å²) in [6, 6.07) is 3.99. The molecule has 1 rings (SSSR count). The van der Waals surface area contributed by atoms with Crippen LogP contribution in [-0.2, 0) is 9.53 Å². The molecule has 1 atom stereocenters. The standard InChI is InChI=1S/C12H16O2S/c1-5-9(10-7-6-8-15-10)12(2,3)11(13)14-4/h5-9H,1H2,2-4H3/t9-/m1/s1. The highest BCUT2D eigenvalue weighted by atomic mass is 32.1. The summed E-state index contributed by atoms with van der Waals surface area (Å²) >= 11 is 1.63. The predicted octanol–water partition coefficient (Wildman–Crippen LogP) is 3.22. The molecule has 1 aromatic rings. The lowest BCUT2D eigenvalue weighted by Gasteiger charge is -2.28. The van der Waals surface area contributed by atoms with Gasteiger partial charge in [-0.25, -0.2) is 0 Å². The maximum Gasteiger partial charge on any atom is 0.312 e. The van der Waals surface area contributed by atoms with Gasteiger partial charge in [0.05, 0.1) is 12.5 Å². The van der Waals surface area contributed by atoms with E-state index < -0.39 is 5.41 Å². The third-order valence-corrected chi connectivity index (χ3v) is 3.53. The molecule has 0 aromatic carbocycles. The molecule has 3 heteroatoms. The van der Waals surface area contributed by atoms with Gasteiger partial charge in [-0.15, -0.1) is 17.9 Å². The number of thiophene rings is 1. The van der Waals surface area contributed by atoms with Gasteiger partial charge >= 0.3 is 5.97 Å². The Labute approximate surface area is 94.6 Å². The Hall–Kier alpha value is -1.09. The highest BCUT2D eigenvalue weighted by Crippen LogP contribution is 2.39. The molecule has 0 saturated heterocycles. The maximum atomic E-state index is 11.7. The highest BCUT2D eigenvalue weighted by Gasteiger charge is 2.37. The summed E-state index contributed by atoms with van der Waals surface area (Å²) in [6.07, 6.45) is 1.81. The van der Waals surface area contributed by atoms with Gasteiger partial charge in [-0.3, -0.25) is 4.79 Å². The first-order valence-electron chi connectivity index (χ1n) is 4.78. The first-order chi connectivity index (χ1) is 7.04. The van der Waals surface area contributed by atoms with E-state index in [4.69, 9.17) is 4.74 Å². The van der Waals surface area contributed by atoms with Crippen molar-refractivity contribution < 1.29 is 9.53 Å². The second-order valence-corrected chi connectivity index (χ2v) is 4.92. The van der Waals surface area contributed by atoms with Gasteiger partial charge in [-0.1, -0.05) is 12.1 Å². The first kappa shape index (κ1) is 12.0. The topological polar surface area (TPSA) is 26.3 Å². The van der Waals surface area contributed by atoms with Crippen LogP contribution in [0.4, 0.5) is 0 Å². The molecule has 0 bridgehead atoms. The van der Waals surface area contributed by atoms with E-state index in [2.05, 4.69) is 6.58 Å². The second kappa shape index (κ2) is 4.62. The minimum absolute atomic E-state index is 0.00458. The lowest BCUT2D eigenvalue weighted by atomic mass is 9.78. The summed E-state index contributed by atoms with van der Waals surface area (Å²) in [5.74, 6) is -0.203. The van der Waals surface area contributed by atoms with E-state index >= 15 is 0 Å². The Balaban J connectivity index is 3.02. The van der Waals surface area contributed by atoms with Crippen molar-refractivity contribution in [3.05, 3.63) is 35.0 Å². The zero-order valence-corrected chi connectivity index (χ0v) is 10.1. The molecular weight excluding hydrogens is 208 g/mol. The predicted molar refractivity (Wildman–Crippen MR) is 63.1 cm³/mol. The molecule has 0 spiro atoms. The number of hydrogen-bond donors (Lipinski definition) is 0. The quantitative estimate of drug-likeness (QED) is 0.580. The van der Waals surface area contributed by atoms with E-state index in [1.165, 1.54) is 7.11 Å². The number of rotatable bonds is 4. The molecule has 0 radical (unpaired) electrons. The van der Waals surface area contributed by atoms with Crippen LogP contribution in [0.3, 0.4) is 0 Å². The van der Waals surface area contributed by atoms with Crippen LogP contribution < -0.4 is 0 Å². The Bertz CT molecular complexity index is 339. The summed E-state index contributed by atoms with van der Waals surface area (Å²) in [5, 5.41) is 2.00. The Morgan fingerprint density at radius 1 is 1.67 bits per heavy atom. The molecule has 0 fully saturated rings. The van der Waals surface area contributed by atoms with Crippen LogP contribution >= 0.6 is 11.3 Å². The van der Waals surface area contributed by atoms with E-state index in [0.717, 1.165) is 4.88 Å². The highest BCUT2D eigenvalue weighted by molar-refractivity contribution is 7.10. The summed E-state index contributed by atoms with van der Waals surface area (Å²) in [5.41, 5.74) is -0.568. The van der Waals surface area contributed by atoms with Gasteiger partial charge < -0.3 is 4.74 Å². The molecule has 82 valence electrons. The van der Waals surface area contributed by atoms with Gasteiger partial charge in [-0.2, -0.15) is 0 Å². The van der Waals surface area contributed by atoms with E-state index in [0.29, 0.717) is 0 Å². The summed E-state index contributed by atoms with van der Waals surface area (Å²) in [7, 11) is 1.42. The van der Waals surface area contributed by atoms with E-state index in [1.54, 1.807) is 11.3 Å². The van der Waals surface area contributed by atoms with Crippen molar-refractivity contribution in [2.75, 3.05) is 7.11 Å². The zero-order valence-electron chi connectivity index (χ0n) is 9.32. The molecule has 0 aliphatic heterocycles. The molecule has 0 N–H and O–H groups in total. The average molecular weight is 224 g/mol. The fourth-order valence-electron chi connectivity index (χ4n) is 1.62. The number of carbonyl (C=O) groups is 1. The Morgan fingerprint density at radius 2 is 2.33 bits per heavy atom. The van der Waals surface area contributed by atoms with Crippen molar-refractivity contribution in [2.24, 2.45) is 5.41 Å². The molecule has 0 unspecified atom stereocenters. The van der Waals surface area contributed by atoms with E-state index in [-0.39, 0.29) is 11.9 Å². The normalized spacial score (nSPS) is 13.3. The number of methoxy groups -OCH3 is 1. The Kier molecular flexibility index (Phi) is 3.69. The van der Waals surface area contributed by atoms with Crippen molar-refractivity contribution in [3.8, 4) is 0 Å². The van der Waals surface area contributed by atoms with E-state index in [1.807, 2.05) is 37.4 Å². The fraction of sp³-hybridized carbons (Fsp3) is 0.417. The van der Waals surface area contributed by atoms with Crippen LogP contribution in [0, 0.1) is 5.41 Å². The summed E-state index contributed by atoms with van der Waals surface area (Å²) < 4.78 is 4.81. The summed E-state index contributed by atoms with van der Waals surface area (Å²) in [6.45, 7) is 7.56. The number of allylic oxidation sites excluding steroid dienone is 1. The number of ether oxygens (including phenoxy) is 1. The van der Waals surface area contributed by atoms with Crippen molar-refractivity contribution in [2.45, 2.75) is 19.8 Å². The van der Waals surface area contributed by atoms with Crippen molar-refractivity contribution >= 4 is 17.3 Å². The largest absolute Gasteiger partial charge is 0.469 e. The zero-order chi connectivity index (χ0) is 11.5. The van der Waals surface area contributed by atoms with Crippen molar-refractivity contribution in [3.63, 3.8) is 0 Å². The van der Waals surface area contributed by atoms with Crippen LogP contribution in [0.15, 0.2) is 30.2 Å². The van der Waals surface area contributed by atoms with Gasteiger partial charge in [0, 0.05) is 10.8 Å². The van der Waals surface area contributed by atoms with E-state index in [9.17, 15) is 4.79 Å². The molecule has 15 heavy (non-hydrogen) atoms. The second-order valence-electron chi connectivity index (χ2n) is 3.94. The minimum Gasteiger partial charge on any atom is -0.469 e. The van der Waals surface area contributed by atoms with Gasteiger partial charge in [0.2, 0.25) is 0 Å². The lowest BCUT2D eigenvalue weighted by Crippen LogP contribution is -2.31. The maximum absolute atomic E-state index is 11.7. The molecule has 1 heterocycles. The van der Waals surface area contributed by atoms with Gasteiger partial charge in [0.1, 0.15) is 0 Å². The van der Waals surface area contributed by atoms with Crippen LogP contribution in [0.2, 0.25) is 0 Å². The molecule has 0 aliphatic carbocycles. The first-order valence-corrected chi connectivity index (χ1v) is 5.66. The lowest BCUT2D eigenvalue weighted by molar-refractivity contribution is -0.151. The molecule has 0 aliphatic rings. The molecular formula is C12H16O2S. The van der Waals surface area contributed by atoms with Crippen molar-refractivity contribution in [1.82, 2.24) is 0 Å². The molecule has 1 aromatic heterocycles. The van der Waals surface area contributed by atoms with Crippen LogP contribution in [0.1, 0.15) is 24.6 Å². The van der Waals surface area contributed by atoms with Gasteiger partial charge in [-0.05, 0) is 25.3 Å². The molecule has 2 nitrogen and oxygen atoms in total. The number of carbonyl (C=O) groups excluding carboxylic acids is 1. The number of esters is 1. The smallest absolute Gasteiger partial charge is 0.312 e. The fourth-order valence-corrected chi connectivity index (χ4v) is 2.63. The Morgan fingerprint density at radius 3 is 2.73 bits per heavy atom. The molecule has 0 amide bonds.